The van der Waals surface area contributed by atoms with Crippen LogP contribution in [0.4, 0.5) is 5.13 Å². The Morgan fingerprint density at radius 2 is 2.20 bits per heavy atom. The van der Waals surface area contributed by atoms with Gasteiger partial charge in [0.15, 0.2) is 5.13 Å². The molecule has 1 aromatic rings. The van der Waals surface area contributed by atoms with E-state index >= 15 is 0 Å². The summed E-state index contributed by atoms with van der Waals surface area (Å²) in [5.41, 5.74) is 0.944. The third kappa shape index (κ3) is 2.54. The van der Waals surface area contributed by atoms with Crippen molar-refractivity contribution in [2.75, 3.05) is 5.32 Å². The molecular weight excluding hydrogens is 281 g/mol. The van der Waals surface area contributed by atoms with Crippen LogP contribution < -0.4 is 10.6 Å². The molecule has 0 fully saturated rings. The van der Waals surface area contributed by atoms with Crippen molar-refractivity contribution in [2.24, 2.45) is 0 Å². The Morgan fingerprint density at radius 1 is 1.47 bits per heavy atom. The lowest BCUT2D eigenvalue weighted by molar-refractivity contribution is -0.115. The third-order valence-corrected chi connectivity index (χ3v) is 3.36. The normalized spacial score (nSPS) is 15.1. The van der Waals surface area contributed by atoms with Crippen LogP contribution in [-0.4, -0.2) is 14.7 Å². The molecular formula is C7H6Cl3N3OS. The van der Waals surface area contributed by atoms with Crippen molar-refractivity contribution in [1.82, 2.24) is 10.3 Å². The molecule has 0 aliphatic carbocycles. The van der Waals surface area contributed by atoms with Gasteiger partial charge in [0.05, 0.1) is 5.69 Å². The second-order valence-electron chi connectivity index (χ2n) is 2.94. The van der Waals surface area contributed by atoms with Gasteiger partial charge >= 0.3 is 0 Å². The summed E-state index contributed by atoms with van der Waals surface area (Å²) in [4.78, 5) is 16.6. The fraction of sp³-hybridized carbons (Fsp3) is 0.429. The smallest absolute Gasteiger partial charge is 0.278 e. The Balaban J connectivity index is 2.09. The molecule has 2 heterocycles. The summed E-state index contributed by atoms with van der Waals surface area (Å²) in [6.45, 7) is 1.49. The van der Waals surface area contributed by atoms with Crippen molar-refractivity contribution < 1.29 is 4.79 Å². The van der Waals surface area contributed by atoms with Gasteiger partial charge in [-0.25, -0.2) is 4.98 Å². The van der Waals surface area contributed by atoms with Gasteiger partial charge in [0.2, 0.25) is 0 Å². The monoisotopic (exact) mass is 285 g/mol. The number of fused-ring (bicyclic) bond motifs is 1. The Morgan fingerprint density at radius 3 is 2.80 bits per heavy atom. The minimum atomic E-state index is -1.95. The second kappa shape index (κ2) is 4.07. The van der Waals surface area contributed by atoms with E-state index in [4.69, 9.17) is 34.8 Å². The molecule has 0 saturated heterocycles. The lowest BCUT2D eigenvalue weighted by atomic mass is 10.4. The summed E-state index contributed by atoms with van der Waals surface area (Å²) in [6, 6.07) is 0. The summed E-state index contributed by atoms with van der Waals surface area (Å²) < 4.78 is -1.95. The number of nitrogens with zero attached hydrogens (tertiary/aromatic N) is 1. The van der Waals surface area contributed by atoms with Crippen molar-refractivity contribution in [3.63, 3.8) is 0 Å². The molecule has 0 bridgehead atoms. The fourth-order valence-electron chi connectivity index (χ4n) is 1.18. The molecule has 1 aliphatic heterocycles. The maximum Gasteiger partial charge on any atom is 0.278 e. The molecule has 2 N–H and O–H groups in total. The zero-order chi connectivity index (χ0) is 11.1. The van der Waals surface area contributed by atoms with Crippen LogP contribution in [0.1, 0.15) is 10.6 Å². The van der Waals surface area contributed by atoms with Gasteiger partial charge < -0.3 is 5.32 Å². The van der Waals surface area contributed by atoms with Crippen LogP contribution >= 0.6 is 46.1 Å². The molecule has 1 amide bonds. The van der Waals surface area contributed by atoms with Gasteiger partial charge in [-0.05, 0) is 0 Å². The fourth-order valence-corrected chi connectivity index (χ4v) is 2.26. The van der Waals surface area contributed by atoms with Crippen LogP contribution in [0, 0.1) is 0 Å². The third-order valence-electron chi connectivity index (χ3n) is 1.83. The molecule has 2 rings (SSSR count). The number of anilines is 1. The molecule has 0 radical (unpaired) electrons. The van der Waals surface area contributed by atoms with E-state index in [2.05, 4.69) is 15.6 Å². The standard InChI is InChI=1S/C7H6Cl3N3OS/c8-7(9,10)5(14)13-6-12-3-1-11-2-4(3)15-6/h11H,1-2H2,(H,12,13,14). The summed E-state index contributed by atoms with van der Waals surface area (Å²) in [5.74, 6) is -0.687. The number of aromatic nitrogens is 1. The van der Waals surface area contributed by atoms with Gasteiger partial charge in [0.25, 0.3) is 9.70 Å². The summed E-state index contributed by atoms with van der Waals surface area (Å²) >= 11 is 17.6. The first-order chi connectivity index (χ1) is 6.97. The van der Waals surface area contributed by atoms with Gasteiger partial charge in [-0.15, -0.1) is 11.3 Å². The van der Waals surface area contributed by atoms with Crippen molar-refractivity contribution in [2.45, 2.75) is 16.9 Å². The number of hydrogen-bond donors (Lipinski definition) is 2. The number of nitrogens with one attached hydrogen (secondary N) is 2. The summed E-state index contributed by atoms with van der Waals surface area (Å²) in [6.07, 6.45) is 0. The van der Waals surface area contributed by atoms with Gasteiger partial charge in [-0.2, -0.15) is 0 Å². The van der Waals surface area contributed by atoms with E-state index in [0.29, 0.717) is 5.13 Å². The molecule has 0 spiro atoms. The van der Waals surface area contributed by atoms with Crippen LogP contribution in [0.25, 0.3) is 0 Å². The molecule has 0 saturated carbocycles. The van der Waals surface area contributed by atoms with E-state index in [1.54, 1.807) is 0 Å². The number of carbonyl (C=O) groups excluding carboxylic acids is 1. The van der Waals surface area contributed by atoms with E-state index in [1.807, 2.05) is 0 Å². The highest BCUT2D eigenvalue weighted by atomic mass is 35.6. The van der Waals surface area contributed by atoms with Crippen LogP contribution in [0.5, 0.6) is 0 Å². The quantitative estimate of drug-likeness (QED) is 0.777. The Hall–Kier alpha value is -0.0700. The molecule has 0 atom stereocenters. The van der Waals surface area contributed by atoms with Crippen molar-refractivity contribution in [3.8, 4) is 0 Å². The number of alkyl halides is 3. The minimum Gasteiger partial charge on any atom is -0.306 e. The first-order valence-electron chi connectivity index (χ1n) is 4.04. The van der Waals surface area contributed by atoms with Crippen LogP contribution in [0.15, 0.2) is 0 Å². The largest absolute Gasteiger partial charge is 0.306 e. The van der Waals surface area contributed by atoms with Gasteiger partial charge in [-0.1, -0.05) is 34.8 Å². The highest BCUT2D eigenvalue weighted by Crippen LogP contribution is 2.30. The zero-order valence-electron chi connectivity index (χ0n) is 7.31. The molecule has 0 unspecified atom stereocenters. The first kappa shape index (κ1) is 11.4. The maximum atomic E-state index is 11.3. The highest BCUT2D eigenvalue weighted by Gasteiger charge is 2.31. The van der Waals surface area contributed by atoms with Gasteiger partial charge in [0.1, 0.15) is 0 Å². The summed E-state index contributed by atoms with van der Waals surface area (Å²) in [5, 5.41) is 6.06. The molecule has 8 heteroatoms. The van der Waals surface area contributed by atoms with Gasteiger partial charge in [-0.3, -0.25) is 10.1 Å². The van der Waals surface area contributed by atoms with Crippen LogP contribution in [-0.2, 0) is 17.9 Å². The predicted molar refractivity (Wildman–Crippen MR) is 61.6 cm³/mol. The maximum absolute atomic E-state index is 11.3. The van der Waals surface area contributed by atoms with Gasteiger partial charge in [0, 0.05) is 18.0 Å². The average Bonchev–Trinajstić information content (AvgIpc) is 2.61. The second-order valence-corrected chi connectivity index (χ2v) is 6.31. The molecule has 0 aromatic carbocycles. The Kier molecular flexibility index (Phi) is 3.10. The van der Waals surface area contributed by atoms with Crippen molar-refractivity contribution >= 4 is 57.2 Å². The Bertz CT molecular complexity index is 379. The number of carbonyl (C=O) groups is 1. The van der Waals surface area contributed by atoms with Crippen molar-refractivity contribution in [3.05, 3.63) is 10.6 Å². The predicted octanol–water partition coefficient (Wildman–Crippen LogP) is 2.05. The SMILES string of the molecule is O=C(Nc1nc2c(s1)CNC2)C(Cl)(Cl)Cl. The topological polar surface area (TPSA) is 54.0 Å². The van der Waals surface area contributed by atoms with Crippen molar-refractivity contribution in [1.29, 1.82) is 0 Å². The number of amides is 1. The molecule has 4 nitrogen and oxygen atoms in total. The van der Waals surface area contributed by atoms with E-state index < -0.39 is 9.70 Å². The number of halogens is 3. The summed E-state index contributed by atoms with van der Waals surface area (Å²) in [7, 11) is 0. The van der Waals surface area contributed by atoms with Crippen LogP contribution in [0.2, 0.25) is 0 Å². The Labute approximate surface area is 105 Å². The number of thiazole rings is 1. The average molecular weight is 287 g/mol. The zero-order valence-corrected chi connectivity index (χ0v) is 10.4. The van der Waals surface area contributed by atoms with Crippen LogP contribution in [0.3, 0.4) is 0 Å². The number of hydrogen-bond acceptors (Lipinski definition) is 4. The highest BCUT2D eigenvalue weighted by molar-refractivity contribution is 7.16. The minimum absolute atomic E-state index is 0.470. The molecule has 1 aromatic heterocycles. The van der Waals surface area contributed by atoms with E-state index in [-0.39, 0.29) is 0 Å². The molecule has 1 aliphatic rings. The molecule has 15 heavy (non-hydrogen) atoms. The number of rotatable bonds is 1. The van der Waals surface area contributed by atoms with E-state index in [0.717, 1.165) is 23.7 Å². The molecule has 82 valence electrons. The first-order valence-corrected chi connectivity index (χ1v) is 5.99. The van der Waals surface area contributed by atoms with E-state index in [9.17, 15) is 4.79 Å². The van der Waals surface area contributed by atoms with E-state index in [1.165, 1.54) is 11.3 Å². The lowest BCUT2D eigenvalue weighted by Gasteiger charge is -2.08. The lowest BCUT2D eigenvalue weighted by Crippen LogP contribution is -2.26.